The van der Waals surface area contributed by atoms with Gasteiger partial charge in [-0.15, -0.1) is 0 Å². The van der Waals surface area contributed by atoms with E-state index in [9.17, 15) is 4.79 Å². The van der Waals surface area contributed by atoms with Gasteiger partial charge in [0.15, 0.2) is 5.82 Å². The van der Waals surface area contributed by atoms with Gasteiger partial charge in [-0.3, -0.25) is 4.79 Å². The third kappa shape index (κ3) is 5.11. The first kappa shape index (κ1) is 11.6. The molecule has 1 aromatic rings. The molecule has 0 unspecified atom stereocenters. The minimum absolute atomic E-state index is 0.00871. The summed E-state index contributed by atoms with van der Waals surface area (Å²) < 4.78 is 4.83. The molecule has 0 aliphatic carbocycles. The molecule has 6 nitrogen and oxygen atoms in total. The van der Waals surface area contributed by atoms with Gasteiger partial charge in [-0.05, 0) is 0 Å². The van der Waals surface area contributed by atoms with Crippen LogP contribution in [0.2, 0.25) is 0 Å². The van der Waals surface area contributed by atoms with Crippen molar-refractivity contribution in [1.29, 1.82) is 0 Å². The zero-order chi connectivity index (χ0) is 11.1. The molecule has 0 aromatic carbocycles. The molecule has 0 radical (unpaired) electrons. The first-order valence-corrected chi connectivity index (χ1v) is 4.93. The van der Waals surface area contributed by atoms with Crippen molar-refractivity contribution in [2.24, 2.45) is 0 Å². The van der Waals surface area contributed by atoms with E-state index in [0.29, 0.717) is 18.3 Å². The Balaban J connectivity index is 2.00. The summed E-state index contributed by atoms with van der Waals surface area (Å²) in [7, 11) is 0. The lowest BCUT2D eigenvalue weighted by atomic mass is 10.4. The van der Waals surface area contributed by atoms with Crippen LogP contribution in [0.1, 0.15) is 18.6 Å². The standard InChI is InChI=1S/C9H16N4O2/c1-7(14)11-6-5-10-4-3-9-12-8(2)15-13-9/h10H,3-6H2,1-2H3,(H,11,14). The molecule has 0 fully saturated rings. The summed E-state index contributed by atoms with van der Waals surface area (Å²) in [5.41, 5.74) is 0. The Kier molecular flexibility index (Phi) is 4.76. The normalized spacial score (nSPS) is 10.3. The molecule has 2 N–H and O–H groups in total. The van der Waals surface area contributed by atoms with Crippen molar-refractivity contribution >= 4 is 5.91 Å². The second-order valence-electron chi connectivity index (χ2n) is 3.21. The summed E-state index contributed by atoms with van der Waals surface area (Å²) in [6.45, 7) is 5.43. The molecule has 0 spiro atoms. The fraction of sp³-hybridized carbons (Fsp3) is 0.667. The molecule has 15 heavy (non-hydrogen) atoms. The summed E-state index contributed by atoms with van der Waals surface area (Å²) in [5.74, 6) is 1.29. The van der Waals surface area contributed by atoms with Gasteiger partial charge in [0.05, 0.1) is 0 Å². The van der Waals surface area contributed by atoms with Crippen LogP contribution in [0.5, 0.6) is 0 Å². The molecule has 6 heteroatoms. The number of aromatic nitrogens is 2. The average Bonchev–Trinajstić information content (AvgIpc) is 2.57. The Morgan fingerprint density at radius 3 is 2.80 bits per heavy atom. The predicted octanol–water partition coefficient (Wildman–Crippen LogP) is -0.354. The molecular formula is C9H16N4O2. The van der Waals surface area contributed by atoms with E-state index in [1.165, 1.54) is 6.92 Å². The number of nitrogens with one attached hydrogen (secondary N) is 2. The molecule has 1 aromatic heterocycles. The molecule has 0 aliphatic rings. The number of aryl methyl sites for hydroxylation is 1. The van der Waals surface area contributed by atoms with Crippen molar-refractivity contribution in [2.45, 2.75) is 20.3 Å². The summed E-state index contributed by atoms with van der Waals surface area (Å²) in [4.78, 5) is 14.6. The van der Waals surface area contributed by atoms with Gasteiger partial charge in [0.2, 0.25) is 11.8 Å². The lowest BCUT2D eigenvalue weighted by Gasteiger charge is -2.02. The van der Waals surface area contributed by atoms with Crippen LogP contribution in [0.15, 0.2) is 4.52 Å². The monoisotopic (exact) mass is 212 g/mol. The Hall–Kier alpha value is -1.43. The number of nitrogens with zero attached hydrogens (tertiary/aromatic N) is 2. The number of hydrogen-bond acceptors (Lipinski definition) is 5. The number of amides is 1. The molecule has 1 amide bonds. The molecule has 1 heterocycles. The van der Waals surface area contributed by atoms with Crippen LogP contribution in [0.3, 0.4) is 0 Å². The summed E-state index contributed by atoms with van der Waals surface area (Å²) >= 11 is 0. The Bertz CT molecular complexity index is 311. The van der Waals surface area contributed by atoms with E-state index < -0.39 is 0 Å². The van der Waals surface area contributed by atoms with Crippen LogP contribution < -0.4 is 10.6 Å². The molecule has 0 saturated heterocycles. The molecule has 0 saturated carbocycles. The molecule has 84 valence electrons. The Morgan fingerprint density at radius 2 is 2.20 bits per heavy atom. The Labute approximate surface area is 88.4 Å². The van der Waals surface area contributed by atoms with Gasteiger partial charge in [-0.1, -0.05) is 5.16 Å². The van der Waals surface area contributed by atoms with E-state index in [-0.39, 0.29) is 5.91 Å². The minimum atomic E-state index is -0.00871. The average molecular weight is 212 g/mol. The maximum absolute atomic E-state index is 10.5. The van der Waals surface area contributed by atoms with E-state index in [2.05, 4.69) is 20.8 Å². The molecule has 0 bridgehead atoms. The van der Waals surface area contributed by atoms with Crippen molar-refractivity contribution in [1.82, 2.24) is 20.8 Å². The van der Waals surface area contributed by atoms with Crippen LogP contribution in [0.4, 0.5) is 0 Å². The molecular weight excluding hydrogens is 196 g/mol. The summed E-state index contributed by atoms with van der Waals surface area (Å²) in [6, 6.07) is 0. The van der Waals surface area contributed by atoms with Gasteiger partial charge in [-0.2, -0.15) is 4.98 Å². The van der Waals surface area contributed by atoms with Crippen LogP contribution in [0, 0.1) is 6.92 Å². The smallest absolute Gasteiger partial charge is 0.223 e. The van der Waals surface area contributed by atoms with Gasteiger partial charge >= 0.3 is 0 Å². The molecule has 0 aliphatic heterocycles. The third-order valence-electron chi connectivity index (χ3n) is 1.77. The second-order valence-corrected chi connectivity index (χ2v) is 3.21. The van der Waals surface area contributed by atoms with E-state index >= 15 is 0 Å². The van der Waals surface area contributed by atoms with Crippen molar-refractivity contribution in [3.8, 4) is 0 Å². The van der Waals surface area contributed by atoms with Gasteiger partial charge < -0.3 is 15.2 Å². The van der Waals surface area contributed by atoms with Crippen molar-refractivity contribution in [2.75, 3.05) is 19.6 Å². The lowest BCUT2D eigenvalue weighted by Crippen LogP contribution is -2.31. The minimum Gasteiger partial charge on any atom is -0.355 e. The van der Waals surface area contributed by atoms with Crippen LogP contribution in [-0.2, 0) is 11.2 Å². The van der Waals surface area contributed by atoms with Gasteiger partial charge in [0.1, 0.15) is 0 Å². The quantitative estimate of drug-likeness (QED) is 0.630. The number of carbonyl (C=O) groups is 1. The number of hydrogen-bond donors (Lipinski definition) is 2. The third-order valence-corrected chi connectivity index (χ3v) is 1.77. The van der Waals surface area contributed by atoms with Crippen molar-refractivity contribution in [3.05, 3.63) is 11.7 Å². The van der Waals surface area contributed by atoms with E-state index in [1.54, 1.807) is 6.92 Å². The van der Waals surface area contributed by atoms with Crippen LogP contribution in [-0.4, -0.2) is 35.7 Å². The SMILES string of the molecule is CC(=O)NCCNCCc1noc(C)n1. The summed E-state index contributed by atoms with van der Waals surface area (Å²) in [5, 5.41) is 9.63. The van der Waals surface area contributed by atoms with Crippen LogP contribution >= 0.6 is 0 Å². The second kappa shape index (κ2) is 6.13. The van der Waals surface area contributed by atoms with Crippen LogP contribution in [0.25, 0.3) is 0 Å². The Morgan fingerprint density at radius 1 is 1.40 bits per heavy atom. The van der Waals surface area contributed by atoms with Gasteiger partial charge in [0.25, 0.3) is 0 Å². The van der Waals surface area contributed by atoms with E-state index in [4.69, 9.17) is 4.52 Å². The van der Waals surface area contributed by atoms with E-state index in [0.717, 1.165) is 19.5 Å². The highest BCUT2D eigenvalue weighted by Gasteiger charge is 2.00. The lowest BCUT2D eigenvalue weighted by molar-refractivity contribution is -0.118. The summed E-state index contributed by atoms with van der Waals surface area (Å²) in [6.07, 6.45) is 0.734. The molecule has 1 rings (SSSR count). The maximum Gasteiger partial charge on any atom is 0.223 e. The zero-order valence-corrected chi connectivity index (χ0v) is 9.04. The fourth-order valence-corrected chi connectivity index (χ4v) is 1.09. The van der Waals surface area contributed by atoms with Crippen molar-refractivity contribution < 1.29 is 9.32 Å². The highest BCUT2D eigenvalue weighted by molar-refractivity contribution is 5.72. The number of carbonyl (C=O) groups excluding carboxylic acids is 1. The highest BCUT2D eigenvalue weighted by atomic mass is 16.5. The van der Waals surface area contributed by atoms with Gasteiger partial charge in [-0.25, -0.2) is 0 Å². The van der Waals surface area contributed by atoms with E-state index in [1.807, 2.05) is 0 Å². The maximum atomic E-state index is 10.5. The largest absolute Gasteiger partial charge is 0.355 e. The highest BCUT2D eigenvalue weighted by Crippen LogP contribution is 1.94. The topological polar surface area (TPSA) is 80.0 Å². The fourth-order valence-electron chi connectivity index (χ4n) is 1.09. The zero-order valence-electron chi connectivity index (χ0n) is 9.04. The molecule has 0 atom stereocenters. The number of rotatable bonds is 6. The van der Waals surface area contributed by atoms with Crippen molar-refractivity contribution in [3.63, 3.8) is 0 Å². The first-order chi connectivity index (χ1) is 7.18. The van der Waals surface area contributed by atoms with Gasteiger partial charge in [0, 0.05) is 39.9 Å². The predicted molar refractivity (Wildman–Crippen MR) is 54.3 cm³/mol. The first-order valence-electron chi connectivity index (χ1n) is 4.93.